The lowest BCUT2D eigenvalue weighted by Crippen LogP contribution is -2.38. The first kappa shape index (κ1) is 27.0. The second-order valence-electron chi connectivity index (χ2n) is 11.3. The van der Waals surface area contributed by atoms with E-state index in [0.717, 1.165) is 63.0 Å². The van der Waals surface area contributed by atoms with Crippen LogP contribution in [0.25, 0.3) is 11.1 Å². The highest BCUT2D eigenvalue weighted by molar-refractivity contribution is 7.13. The first-order valence-corrected chi connectivity index (χ1v) is 15.6. The van der Waals surface area contributed by atoms with Crippen LogP contribution in [0.1, 0.15) is 76.6 Å². The molecule has 0 aliphatic carbocycles. The number of imidazole rings is 1. The number of aromatic nitrogens is 3. The van der Waals surface area contributed by atoms with Crippen LogP contribution < -0.4 is 10.6 Å². The molecule has 0 bridgehead atoms. The van der Waals surface area contributed by atoms with E-state index in [0.29, 0.717) is 33.4 Å². The van der Waals surface area contributed by atoms with Crippen molar-refractivity contribution < 1.29 is 14.0 Å². The van der Waals surface area contributed by atoms with Crippen LogP contribution in [0.15, 0.2) is 48.2 Å². The molecule has 5 heterocycles. The van der Waals surface area contributed by atoms with Crippen molar-refractivity contribution in [2.45, 2.75) is 64.1 Å². The Morgan fingerprint density at radius 3 is 2.83 bits per heavy atom. The van der Waals surface area contributed by atoms with Crippen molar-refractivity contribution in [1.82, 2.24) is 24.8 Å². The van der Waals surface area contributed by atoms with Gasteiger partial charge in [-0.15, -0.1) is 11.3 Å². The molecular weight excluding hydrogens is 551 g/mol. The number of carbonyl (C=O) groups is 2. The van der Waals surface area contributed by atoms with Crippen molar-refractivity contribution in [3.05, 3.63) is 87.7 Å². The Balaban J connectivity index is 1.23. The van der Waals surface area contributed by atoms with E-state index in [4.69, 9.17) is 0 Å². The fourth-order valence-corrected chi connectivity index (χ4v) is 7.32. The summed E-state index contributed by atoms with van der Waals surface area (Å²) in [6, 6.07) is 8.69. The Morgan fingerprint density at radius 1 is 1.19 bits per heavy atom. The lowest BCUT2D eigenvalue weighted by molar-refractivity contribution is -0.121. The molecule has 42 heavy (non-hydrogen) atoms. The molecule has 2 aromatic carbocycles. The predicted octanol–water partition coefficient (Wildman–Crippen LogP) is 5.46. The van der Waals surface area contributed by atoms with Crippen LogP contribution in [0.5, 0.6) is 0 Å². The monoisotopic (exact) mass is 584 g/mol. The summed E-state index contributed by atoms with van der Waals surface area (Å²) in [5, 5.41) is 8.50. The average Bonchev–Trinajstić information content (AvgIpc) is 3.81. The van der Waals surface area contributed by atoms with Gasteiger partial charge in [0.25, 0.3) is 11.8 Å². The highest BCUT2D eigenvalue weighted by Crippen LogP contribution is 2.39. The molecule has 10 heteroatoms. The third-order valence-corrected chi connectivity index (χ3v) is 9.61. The molecule has 216 valence electrons. The van der Waals surface area contributed by atoms with Gasteiger partial charge in [0.2, 0.25) is 0 Å². The summed E-state index contributed by atoms with van der Waals surface area (Å²) < 4.78 is 17.8. The zero-order valence-electron chi connectivity index (χ0n) is 23.5. The van der Waals surface area contributed by atoms with Crippen LogP contribution in [0.3, 0.4) is 0 Å². The molecule has 0 saturated carbocycles. The number of nitrogens with zero attached hydrogens (tertiary/aromatic N) is 4. The maximum absolute atomic E-state index is 15.8. The van der Waals surface area contributed by atoms with Crippen LogP contribution in [0.2, 0.25) is 0 Å². The number of amides is 2. The molecule has 2 N–H and O–H groups in total. The number of aryl methyl sites for hydroxylation is 2. The molecule has 0 radical (unpaired) electrons. The minimum Gasteiger partial charge on any atom is -0.334 e. The van der Waals surface area contributed by atoms with Crippen molar-refractivity contribution in [2.75, 3.05) is 18.4 Å². The average molecular weight is 585 g/mol. The van der Waals surface area contributed by atoms with Gasteiger partial charge in [0.1, 0.15) is 5.82 Å². The highest BCUT2D eigenvalue weighted by atomic mass is 32.1. The molecule has 2 amide bonds. The largest absolute Gasteiger partial charge is 0.334 e. The van der Waals surface area contributed by atoms with E-state index in [2.05, 4.69) is 39.7 Å². The molecule has 3 aliphatic heterocycles. The number of carbonyl (C=O) groups excluding carboxylic acids is 2. The molecule has 1 atom stereocenters. The Hall–Kier alpha value is -3.89. The molecule has 7 rings (SSSR count). The zero-order chi connectivity index (χ0) is 28.8. The van der Waals surface area contributed by atoms with Gasteiger partial charge in [-0.2, -0.15) is 0 Å². The van der Waals surface area contributed by atoms with Gasteiger partial charge in [0, 0.05) is 34.9 Å². The number of thiazole rings is 1. The topological polar surface area (TPSA) is 92.2 Å². The minimum absolute atomic E-state index is 0.00258. The Morgan fingerprint density at radius 2 is 2.05 bits per heavy atom. The van der Waals surface area contributed by atoms with Crippen molar-refractivity contribution in [1.29, 1.82) is 0 Å². The molecule has 1 unspecified atom stereocenters. The smallest absolute Gasteiger partial charge is 0.255 e. The number of hydrogen-bond acceptors (Lipinski definition) is 6. The van der Waals surface area contributed by atoms with Gasteiger partial charge in [0.15, 0.2) is 11.2 Å². The highest BCUT2D eigenvalue weighted by Gasteiger charge is 2.42. The number of nitrogens with one attached hydrogen (secondary N) is 2. The summed E-state index contributed by atoms with van der Waals surface area (Å²) in [6.45, 7) is 5.02. The van der Waals surface area contributed by atoms with Crippen molar-refractivity contribution >= 4 is 28.3 Å². The van der Waals surface area contributed by atoms with Crippen molar-refractivity contribution in [3.63, 3.8) is 0 Å². The number of hydrogen-bond donors (Lipinski definition) is 2. The lowest BCUT2D eigenvalue weighted by Gasteiger charge is -2.26. The SMILES string of the molecule is CCc1cc(-c2cc(F)c3c(c2)C(=O)N(C(C(=O)Nc2nccs2)c2ncn4c2CCC4)C3)ccc1C1CCNCC1. The van der Waals surface area contributed by atoms with Gasteiger partial charge in [-0.25, -0.2) is 14.4 Å². The number of anilines is 1. The van der Waals surface area contributed by atoms with E-state index in [-0.39, 0.29) is 12.5 Å². The molecule has 8 nitrogen and oxygen atoms in total. The summed E-state index contributed by atoms with van der Waals surface area (Å²) in [6.07, 6.45) is 8.18. The normalized spacial score (nSPS) is 17.4. The zero-order valence-corrected chi connectivity index (χ0v) is 24.3. The first-order valence-electron chi connectivity index (χ1n) is 14.7. The Labute approximate surface area is 248 Å². The van der Waals surface area contributed by atoms with E-state index < -0.39 is 17.8 Å². The van der Waals surface area contributed by atoms with Crippen LogP contribution in [-0.4, -0.2) is 44.3 Å². The molecule has 1 saturated heterocycles. The molecule has 2 aromatic heterocycles. The predicted molar refractivity (Wildman–Crippen MR) is 160 cm³/mol. The van der Waals surface area contributed by atoms with E-state index in [9.17, 15) is 9.59 Å². The summed E-state index contributed by atoms with van der Waals surface area (Å²) in [7, 11) is 0. The molecule has 4 aromatic rings. The fraction of sp³-hybridized carbons (Fsp3) is 0.375. The lowest BCUT2D eigenvalue weighted by atomic mass is 9.85. The molecule has 1 fully saturated rings. The fourth-order valence-electron chi connectivity index (χ4n) is 6.79. The van der Waals surface area contributed by atoms with E-state index in [1.165, 1.54) is 33.4 Å². The van der Waals surface area contributed by atoms with Gasteiger partial charge in [0.05, 0.1) is 18.6 Å². The second kappa shape index (κ2) is 11.1. The van der Waals surface area contributed by atoms with Gasteiger partial charge in [-0.3, -0.25) is 14.9 Å². The van der Waals surface area contributed by atoms with Crippen LogP contribution in [-0.2, 0) is 30.7 Å². The minimum atomic E-state index is -0.998. The summed E-state index contributed by atoms with van der Waals surface area (Å²) in [5.41, 5.74) is 6.29. The Bertz CT molecular complexity index is 1660. The molecule has 0 spiro atoms. The van der Waals surface area contributed by atoms with Gasteiger partial charge in [-0.1, -0.05) is 25.1 Å². The summed E-state index contributed by atoms with van der Waals surface area (Å²) in [5.74, 6) is -0.681. The number of halogens is 1. The maximum atomic E-state index is 15.8. The second-order valence-corrected chi connectivity index (χ2v) is 12.2. The van der Waals surface area contributed by atoms with E-state index in [1.54, 1.807) is 24.0 Å². The standard InChI is InChI=1S/C32H33FN6O2S/c1-2-19-14-21(5-6-23(19)20-7-9-34-10-8-20)22-15-24-25(26(33)16-22)17-39(31(24)41)29(30(40)37-32-35-11-13-42-32)28-27-4-3-12-38(27)18-36-28/h5-6,11,13-16,18,20,29,34H,2-4,7-10,12,17H2,1H3,(H,35,37,40). The van der Waals surface area contributed by atoms with Gasteiger partial charge >= 0.3 is 0 Å². The quantitative estimate of drug-likeness (QED) is 0.301. The third kappa shape index (κ3) is 4.72. The number of piperidine rings is 1. The van der Waals surface area contributed by atoms with Crippen LogP contribution >= 0.6 is 11.3 Å². The maximum Gasteiger partial charge on any atom is 0.255 e. The summed E-state index contributed by atoms with van der Waals surface area (Å²) in [4.78, 5) is 37.9. The molecular formula is C32H33FN6O2S. The van der Waals surface area contributed by atoms with Gasteiger partial charge < -0.3 is 14.8 Å². The van der Waals surface area contributed by atoms with Crippen molar-refractivity contribution in [3.8, 4) is 11.1 Å². The van der Waals surface area contributed by atoms with Crippen molar-refractivity contribution in [2.24, 2.45) is 0 Å². The third-order valence-electron chi connectivity index (χ3n) is 8.92. The van der Waals surface area contributed by atoms with E-state index >= 15 is 4.39 Å². The summed E-state index contributed by atoms with van der Waals surface area (Å²) >= 11 is 1.30. The number of benzene rings is 2. The molecule has 3 aliphatic rings. The van der Waals surface area contributed by atoms with Crippen LogP contribution in [0, 0.1) is 5.82 Å². The Kier molecular flexibility index (Phi) is 7.11. The number of rotatable bonds is 7. The van der Waals surface area contributed by atoms with E-state index in [1.807, 2.05) is 10.6 Å². The van der Waals surface area contributed by atoms with Crippen LogP contribution in [0.4, 0.5) is 9.52 Å². The first-order chi connectivity index (χ1) is 20.5. The number of fused-ring (bicyclic) bond motifs is 2. The van der Waals surface area contributed by atoms with Gasteiger partial charge in [-0.05, 0) is 85.5 Å².